The molecule has 1 saturated carbocycles. The van der Waals surface area contributed by atoms with Crippen LogP contribution in [0.5, 0.6) is 11.5 Å². The third-order valence-electron chi connectivity index (χ3n) is 5.25. The van der Waals surface area contributed by atoms with Crippen LogP contribution >= 0.6 is 0 Å². The SMILES string of the molecule is COc1cc(C)ccc1OCC(=O)N1CCN([C@H]2CCC[C@@H]2O)CC1. The van der Waals surface area contributed by atoms with Crippen molar-refractivity contribution in [2.75, 3.05) is 39.9 Å². The molecule has 1 aromatic carbocycles. The molecule has 0 bridgehead atoms. The number of rotatable bonds is 5. The number of carbonyl (C=O) groups is 1. The molecule has 25 heavy (non-hydrogen) atoms. The number of benzene rings is 1. The van der Waals surface area contributed by atoms with Crippen LogP contribution in [-0.2, 0) is 4.79 Å². The van der Waals surface area contributed by atoms with E-state index in [2.05, 4.69) is 4.90 Å². The van der Waals surface area contributed by atoms with Gasteiger partial charge in [0.1, 0.15) is 0 Å². The van der Waals surface area contributed by atoms with Gasteiger partial charge in [-0.15, -0.1) is 0 Å². The van der Waals surface area contributed by atoms with E-state index in [9.17, 15) is 9.90 Å². The number of piperazine rings is 1. The summed E-state index contributed by atoms with van der Waals surface area (Å²) < 4.78 is 11.0. The first-order valence-electron chi connectivity index (χ1n) is 9.06. The summed E-state index contributed by atoms with van der Waals surface area (Å²) in [5.74, 6) is 1.23. The monoisotopic (exact) mass is 348 g/mol. The third-order valence-corrected chi connectivity index (χ3v) is 5.25. The zero-order chi connectivity index (χ0) is 17.8. The van der Waals surface area contributed by atoms with Gasteiger partial charge in [-0.05, 0) is 43.9 Å². The molecule has 0 spiro atoms. The van der Waals surface area contributed by atoms with Crippen molar-refractivity contribution in [3.8, 4) is 11.5 Å². The van der Waals surface area contributed by atoms with Gasteiger partial charge >= 0.3 is 0 Å². The van der Waals surface area contributed by atoms with Crippen LogP contribution in [0.3, 0.4) is 0 Å². The quantitative estimate of drug-likeness (QED) is 0.872. The molecule has 3 rings (SSSR count). The molecule has 2 aliphatic rings. The minimum Gasteiger partial charge on any atom is -0.493 e. The molecule has 2 atom stereocenters. The fourth-order valence-corrected chi connectivity index (χ4v) is 3.77. The number of carbonyl (C=O) groups excluding carboxylic acids is 1. The number of nitrogens with zero attached hydrogens (tertiary/aromatic N) is 2. The number of methoxy groups -OCH3 is 1. The molecule has 2 fully saturated rings. The Morgan fingerprint density at radius 3 is 2.60 bits per heavy atom. The maximum atomic E-state index is 12.4. The average Bonchev–Trinajstić information content (AvgIpc) is 3.06. The van der Waals surface area contributed by atoms with Crippen LogP contribution in [0.25, 0.3) is 0 Å². The molecular formula is C19H28N2O4. The average molecular weight is 348 g/mol. The lowest BCUT2D eigenvalue weighted by Gasteiger charge is -2.39. The first-order chi connectivity index (χ1) is 12.1. The van der Waals surface area contributed by atoms with Gasteiger partial charge in [-0.2, -0.15) is 0 Å². The van der Waals surface area contributed by atoms with Crippen molar-refractivity contribution < 1.29 is 19.4 Å². The number of hydrogen-bond donors (Lipinski definition) is 1. The van der Waals surface area contributed by atoms with Gasteiger partial charge in [0.2, 0.25) is 0 Å². The number of amides is 1. The highest BCUT2D eigenvalue weighted by molar-refractivity contribution is 5.78. The molecule has 1 aromatic rings. The van der Waals surface area contributed by atoms with Gasteiger partial charge in [0, 0.05) is 32.2 Å². The summed E-state index contributed by atoms with van der Waals surface area (Å²) >= 11 is 0. The van der Waals surface area contributed by atoms with Crippen molar-refractivity contribution in [3.63, 3.8) is 0 Å². The highest BCUT2D eigenvalue weighted by Gasteiger charge is 2.33. The Morgan fingerprint density at radius 1 is 1.20 bits per heavy atom. The lowest BCUT2D eigenvalue weighted by molar-refractivity contribution is -0.135. The second-order valence-electron chi connectivity index (χ2n) is 6.93. The second-order valence-corrected chi connectivity index (χ2v) is 6.93. The van der Waals surface area contributed by atoms with Gasteiger partial charge in [-0.25, -0.2) is 0 Å². The van der Waals surface area contributed by atoms with Crippen LogP contribution in [0.2, 0.25) is 0 Å². The molecule has 1 aliphatic heterocycles. The van der Waals surface area contributed by atoms with E-state index >= 15 is 0 Å². The maximum absolute atomic E-state index is 12.4. The van der Waals surface area contributed by atoms with Crippen molar-refractivity contribution in [2.24, 2.45) is 0 Å². The lowest BCUT2D eigenvalue weighted by Crippen LogP contribution is -2.54. The van der Waals surface area contributed by atoms with Crippen LogP contribution < -0.4 is 9.47 Å². The molecule has 6 heteroatoms. The highest BCUT2D eigenvalue weighted by Crippen LogP contribution is 2.28. The lowest BCUT2D eigenvalue weighted by atomic mass is 10.1. The van der Waals surface area contributed by atoms with E-state index < -0.39 is 0 Å². The summed E-state index contributed by atoms with van der Waals surface area (Å²) in [4.78, 5) is 16.6. The fourth-order valence-electron chi connectivity index (χ4n) is 3.77. The second kappa shape index (κ2) is 8.06. The van der Waals surface area contributed by atoms with Crippen LogP contribution in [0, 0.1) is 6.92 Å². The van der Waals surface area contributed by atoms with Gasteiger partial charge in [-0.3, -0.25) is 9.69 Å². The Labute approximate surface area is 149 Å². The maximum Gasteiger partial charge on any atom is 0.260 e. The molecule has 6 nitrogen and oxygen atoms in total. The van der Waals surface area contributed by atoms with Crippen molar-refractivity contribution in [3.05, 3.63) is 23.8 Å². The van der Waals surface area contributed by atoms with Crippen LogP contribution in [0.1, 0.15) is 24.8 Å². The van der Waals surface area contributed by atoms with Crippen LogP contribution in [0.15, 0.2) is 18.2 Å². The molecule has 1 N–H and O–H groups in total. The molecule has 0 aromatic heterocycles. The molecule has 1 aliphatic carbocycles. The van der Waals surface area contributed by atoms with Gasteiger partial charge in [0.05, 0.1) is 13.2 Å². The van der Waals surface area contributed by atoms with Gasteiger partial charge in [0.25, 0.3) is 5.91 Å². The normalized spacial score (nSPS) is 24.4. The number of aliphatic hydroxyl groups excluding tert-OH is 1. The Kier molecular flexibility index (Phi) is 5.81. The summed E-state index contributed by atoms with van der Waals surface area (Å²) in [5, 5.41) is 10.0. The summed E-state index contributed by atoms with van der Waals surface area (Å²) in [7, 11) is 1.60. The molecule has 0 unspecified atom stereocenters. The van der Waals surface area contributed by atoms with E-state index in [0.717, 1.165) is 37.9 Å². The summed E-state index contributed by atoms with van der Waals surface area (Å²) in [5.41, 5.74) is 1.08. The number of aryl methyl sites for hydroxylation is 1. The van der Waals surface area contributed by atoms with Crippen molar-refractivity contribution in [1.29, 1.82) is 0 Å². The van der Waals surface area contributed by atoms with Crippen molar-refractivity contribution in [1.82, 2.24) is 9.80 Å². The standard InChI is InChI=1S/C19H28N2O4/c1-14-6-7-17(18(12-14)24-2)25-13-19(23)21-10-8-20(9-11-21)15-4-3-5-16(15)22/h6-7,12,15-16,22H,3-5,8-11,13H2,1-2H3/t15-,16-/m0/s1. The molecule has 138 valence electrons. The third kappa shape index (κ3) is 4.25. The molecular weight excluding hydrogens is 320 g/mol. The minimum atomic E-state index is -0.209. The Hall–Kier alpha value is -1.79. The first kappa shape index (κ1) is 18.0. The van der Waals surface area contributed by atoms with Gasteiger partial charge in [-0.1, -0.05) is 6.07 Å². The summed E-state index contributed by atoms with van der Waals surface area (Å²) in [6, 6.07) is 5.94. The Bertz CT molecular complexity index is 599. The minimum absolute atomic E-state index is 0.00533. The fraction of sp³-hybridized carbons (Fsp3) is 0.632. The number of ether oxygens (including phenoxy) is 2. The highest BCUT2D eigenvalue weighted by atomic mass is 16.5. The zero-order valence-corrected chi connectivity index (χ0v) is 15.1. The Balaban J connectivity index is 1.48. The van der Waals surface area contributed by atoms with E-state index in [0.29, 0.717) is 24.6 Å². The number of hydrogen-bond acceptors (Lipinski definition) is 5. The molecule has 0 radical (unpaired) electrons. The van der Waals surface area contributed by atoms with Crippen molar-refractivity contribution >= 4 is 5.91 Å². The van der Waals surface area contributed by atoms with E-state index in [1.165, 1.54) is 0 Å². The van der Waals surface area contributed by atoms with E-state index in [1.54, 1.807) is 7.11 Å². The summed E-state index contributed by atoms with van der Waals surface area (Å²) in [6.07, 6.45) is 2.85. The van der Waals surface area contributed by atoms with Gasteiger partial charge < -0.3 is 19.5 Å². The molecule has 1 saturated heterocycles. The van der Waals surface area contributed by atoms with E-state index in [1.807, 2.05) is 30.0 Å². The van der Waals surface area contributed by atoms with Crippen LogP contribution in [-0.4, -0.2) is 72.9 Å². The van der Waals surface area contributed by atoms with Crippen LogP contribution in [0.4, 0.5) is 0 Å². The molecule has 1 heterocycles. The summed E-state index contributed by atoms with van der Waals surface area (Å²) in [6.45, 7) is 5.03. The van der Waals surface area contributed by atoms with Gasteiger partial charge in [0.15, 0.2) is 18.1 Å². The van der Waals surface area contributed by atoms with Crippen molar-refractivity contribution in [2.45, 2.75) is 38.3 Å². The smallest absolute Gasteiger partial charge is 0.260 e. The first-order valence-corrected chi connectivity index (χ1v) is 9.06. The molecule has 1 amide bonds. The zero-order valence-electron chi connectivity index (χ0n) is 15.1. The largest absolute Gasteiger partial charge is 0.493 e. The predicted molar refractivity (Wildman–Crippen MR) is 95.0 cm³/mol. The van der Waals surface area contributed by atoms with E-state index in [-0.39, 0.29) is 24.7 Å². The van der Waals surface area contributed by atoms with E-state index in [4.69, 9.17) is 9.47 Å². The Morgan fingerprint density at radius 2 is 1.96 bits per heavy atom. The predicted octanol–water partition coefficient (Wildman–Crippen LogP) is 1.44. The number of aliphatic hydroxyl groups is 1. The topological polar surface area (TPSA) is 62.2 Å².